The lowest BCUT2D eigenvalue weighted by Crippen LogP contribution is -2.28. The lowest BCUT2D eigenvalue weighted by molar-refractivity contribution is -0.161. The Bertz CT molecular complexity index is 1440. The van der Waals surface area contributed by atoms with Gasteiger partial charge in [-0.3, -0.25) is 9.59 Å². The summed E-state index contributed by atoms with van der Waals surface area (Å²) >= 11 is 0. The average molecular weight is 1030 g/mol. The first-order chi connectivity index (χ1) is 36.6. The zero-order chi connectivity index (χ0) is 53.4. The number of ether oxygens (including phenoxy) is 2. The van der Waals surface area contributed by atoms with E-state index in [1.807, 2.05) is 0 Å². The maximum absolute atomic E-state index is 12.3. The molecule has 0 aliphatic heterocycles. The zero-order valence-electron chi connectivity index (χ0n) is 48.6. The van der Waals surface area contributed by atoms with E-state index in [4.69, 9.17) is 9.47 Å². The molecule has 0 aliphatic carbocycles. The van der Waals surface area contributed by atoms with E-state index in [1.165, 1.54) is 154 Å². The van der Waals surface area contributed by atoms with E-state index in [0.717, 1.165) is 116 Å². The molecular formula is C69H118O5. The van der Waals surface area contributed by atoms with Crippen molar-refractivity contribution < 1.29 is 24.2 Å². The van der Waals surface area contributed by atoms with Gasteiger partial charge in [-0.05, 0) is 96.3 Å². The third-order valence-corrected chi connectivity index (χ3v) is 13.6. The lowest BCUT2D eigenvalue weighted by atomic mass is 10.0. The predicted molar refractivity (Wildman–Crippen MR) is 325 cm³/mol. The minimum Gasteiger partial charge on any atom is -0.462 e. The number of hydrogen-bond acceptors (Lipinski definition) is 5. The van der Waals surface area contributed by atoms with Crippen LogP contribution in [0.25, 0.3) is 0 Å². The third-order valence-electron chi connectivity index (χ3n) is 13.6. The fraction of sp³-hybridized carbons (Fsp3) is 0.710. The molecule has 0 spiro atoms. The highest BCUT2D eigenvalue weighted by atomic mass is 16.6. The van der Waals surface area contributed by atoms with Gasteiger partial charge in [-0.2, -0.15) is 0 Å². The summed E-state index contributed by atoms with van der Waals surface area (Å²) in [5, 5.41) is 9.66. The summed E-state index contributed by atoms with van der Waals surface area (Å²) in [5.41, 5.74) is 0. The second-order valence-electron chi connectivity index (χ2n) is 20.7. The Balaban J connectivity index is 3.44. The Hall–Kier alpha value is -3.44. The molecule has 0 aliphatic rings. The molecule has 1 N–H and O–H groups in total. The SMILES string of the molecule is CC/C=C\C/C=C\C/C=C\C/C=C\C/C=C\CCCCCCCC(=O)OC(CO)COC(=O)CCCCCCCCCCCCCCCCCCCCCCCCCCCC/C=C\C/C=C\C/C=C\C/C=C\CC. The zero-order valence-corrected chi connectivity index (χ0v) is 48.6. The van der Waals surface area contributed by atoms with Crippen LogP contribution in [0.15, 0.2) is 109 Å². The highest BCUT2D eigenvalue weighted by molar-refractivity contribution is 5.70. The van der Waals surface area contributed by atoms with E-state index in [1.54, 1.807) is 0 Å². The van der Waals surface area contributed by atoms with Crippen molar-refractivity contribution in [2.24, 2.45) is 0 Å². The number of esters is 2. The van der Waals surface area contributed by atoms with Crippen LogP contribution in [0.4, 0.5) is 0 Å². The summed E-state index contributed by atoms with van der Waals surface area (Å²) < 4.78 is 10.7. The van der Waals surface area contributed by atoms with Crippen molar-refractivity contribution in [2.45, 2.75) is 302 Å². The van der Waals surface area contributed by atoms with E-state index >= 15 is 0 Å². The van der Waals surface area contributed by atoms with Crippen LogP contribution >= 0.6 is 0 Å². The molecule has 0 heterocycles. The number of allylic oxidation sites excluding steroid dienone is 18. The first-order valence-electron chi connectivity index (χ1n) is 31.4. The van der Waals surface area contributed by atoms with Gasteiger partial charge in [0.15, 0.2) is 6.10 Å². The third kappa shape index (κ3) is 61.1. The Morgan fingerprint density at radius 1 is 0.311 bits per heavy atom. The quantitative estimate of drug-likeness (QED) is 0.0373. The maximum atomic E-state index is 12.3. The molecule has 0 rings (SSSR count). The number of carbonyl (C=O) groups is 2. The first-order valence-corrected chi connectivity index (χ1v) is 31.4. The van der Waals surface area contributed by atoms with Gasteiger partial charge in [0.25, 0.3) is 0 Å². The Morgan fingerprint density at radius 3 is 0.811 bits per heavy atom. The Labute approximate surface area is 459 Å². The Morgan fingerprint density at radius 2 is 0.541 bits per heavy atom. The van der Waals surface area contributed by atoms with Crippen molar-refractivity contribution in [2.75, 3.05) is 13.2 Å². The molecule has 5 nitrogen and oxygen atoms in total. The number of carbonyl (C=O) groups excluding carboxylic acids is 2. The topological polar surface area (TPSA) is 72.8 Å². The average Bonchev–Trinajstić information content (AvgIpc) is 3.40. The smallest absolute Gasteiger partial charge is 0.306 e. The molecule has 0 amide bonds. The van der Waals surface area contributed by atoms with Crippen molar-refractivity contribution in [3.8, 4) is 0 Å². The summed E-state index contributed by atoms with van der Waals surface area (Å²) in [7, 11) is 0. The van der Waals surface area contributed by atoms with Crippen molar-refractivity contribution in [1.82, 2.24) is 0 Å². The van der Waals surface area contributed by atoms with E-state index in [2.05, 4.69) is 123 Å². The van der Waals surface area contributed by atoms with Gasteiger partial charge in [0.1, 0.15) is 6.61 Å². The van der Waals surface area contributed by atoms with Crippen LogP contribution in [0, 0.1) is 0 Å². The normalized spacial score (nSPS) is 13.0. The molecule has 0 aromatic carbocycles. The highest BCUT2D eigenvalue weighted by Gasteiger charge is 2.16. The standard InChI is InChI=1S/C69H118O5/c1-3-5-7-9-11-13-15-17-19-21-23-25-26-27-28-29-30-31-32-33-34-35-36-37-38-39-40-41-42-44-45-47-49-51-53-55-57-59-61-63-68(71)73-66-67(65-70)74-69(72)64-62-60-58-56-54-52-50-48-46-43-24-22-20-18-16-14-12-10-8-6-4-2/h5-8,11-14,17-20,23-25,43,48,50,67,70H,3-4,9-10,15-16,21-22,26-42,44-47,49,51-66H2,1-2H3/b7-5-,8-6-,13-11-,14-12-,19-17-,20-18-,25-23-,43-24-,50-48-. The minimum absolute atomic E-state index is 0.0758. The number of hydrogen-bond donors (Lipinski definition) is 1. The van der Waals surface area contributed by atoms with Gasteiger partial charge in [0, 0.05) is 12.8 Å². The predicted octanol–water partition coefficient (Wildman–Crippen LogP) is 21.6. The molecule has 0 radical (unpaired) electrons. The van der Waals surface area contributed by atoms with Crippen LogP contribution < -0.4 is 0 Å². The van der Waals surface area contributed by atoms with Gasteiger partial charge in [-0.1, -0.05) is 297 Å². The second-order valence-corrected chi connectivity index (χ2v) is 20.7. The Kier molecular flexibility index (Phi) is 60.9. The largest absolute Gasteiger partial charge is 0.462 e. The van der Waals surface area contributed by atoms with Gasteiger partial charge < -0.3 is 14.6 Å². The van der Waals surface area contributed by atoms with Crippen LogP contribution in [-0.2, 0) is 19.1 Å². The summed E-state index contributed by atoms with van der Waals surface area (Å²) in [6.45, 7) is 3.92. The summed E-state index contributed by atoms with van der Waals surface area (Å²) in [5.74, 6) is -0.606. The van der Waals surface area contributed by atoms with E-state index in [-0.39, 0.29) is 25.2 Å². The van der Waals surface area contributed by atoms with Crippen LogP contribution in [0.2, 0.25) is 0 Å². The van der Waals surface area contributed by atoms with Crippen molar-refractivity contribution >= 4 is 11.9 Å². The van der Waals surface area contributed by atoms with Gasteiger partial charge >= 0.3 is 11.9 Å². The van der Waals surface area contributed by atoms with Crippen molar-refractivity contribution in [1.29, 1.82) is 0 Å². The fourth-order valence-corrected chi connectivity index (χ4v) is 8.93. The summed E-state index contributed by atoms with van der Waals surface area (Å²) in [4.78, 5) is 24.6. The number of aliphatic hydroxyl groups is 1. The highest BCUT2D eigenvalue weighted by Crippen LogP contribution is 2.17. The van der Waals surface area contributed by atoms with Gasteiger partial charge in [0.2, 0.25) is 0 Å². The van der Waals surface area contributed by atoms with Crippen molar-refractivity contribution in [3.05, 3.63) is 109 Å². The molecule has 424 valence electrons. The minimum atomic E-state index is -0.788. The fourth-order valence-electron chi connectivity index (χ4n) is 8.93. The lowest BCUT2D eigenvalue weighted by Gasteiger charge is -2.15. The first kappa shape index (κ1) is 70.6. The molecule has 5 heteroatoms. The van der Waals surface area contributed by atoms with Crippen LogP contribution in [0.1, 0.15) is 296 Å². The summed E-state index contributed by atoms with van der Waals surface area (Å²) in [6.07, 6.45) is 92.4. The molecule has 0 saturated carbocycles. The van der Waals surface area contributed by atoms with Crippen LogP contribution in [-0.4, -0.2) is 36.4 Å². The molecular weight excluding hydrogens is 909 g/mol. The monoisotopic (exact) mass is 1030 g/mol. The van der Waals surface area contributed by atoms with E-state index < -0.39 is 6.10 Å². The molecule has 1 atom stereocenters. The molecule has 0 saturated heterocycles. The number of rotatable bonds is 57. The number of aliphatic hydroxyl groups excluding tert-OH is 1. The molecule has 0 fully saturated rings. The van der Waals surface area contributed by atoms with Crippen LogP contribution in [0.5, 0.6) is 0 Å². The molecule has 0 aromatic heterocycles. The van der Waals surface area contributed by atoms with Gasteiger partial charge in [-0.25, -0.2) is 0 Å². The molecule has 1 unspecified atom stereocenters. The van der Waals surface area contributed by atoms with Crippen LogP contribution in [0.3, 0.4) is 0 Å². The van der Waals surface area contributed by atoms with Gasteiger partial charge in [-0.15, -0.1) is 0 Å². The second kappa shape index (κ2) is 63.8. The molecule has 74 heavy (non-hydrogen) atoms. The molecule has 0 bridgehead atoms. The van der Waals surface area contributed by atoms with E-state index in [9.17, 15) is 14.7 Å². The van der Waals surface area contributed by atoms with E-state index in [0.29, 0.717) is 12.8 Å². The number of unbranched alkanes of at least 4 members (excludes halogenated alkanes) is 31. The summed E-state index contributed by atoms with van der Waals surface area (Å²) in [6, 6.07) is 0. The molecule has 0 aromatic rings. The van der Waals surface area contributed by atoms with Gasteiger partial charge in [0.05, 0.1) is 6.61 Å². The maximum Gasteiger partial charge on any atom is 0.306 e. The van der Waals surface area contributed by atoms with Crippen molar-refractivity contribution in [3.63, 3.8) is 0 Å².